The summed E-state index contributed by atoms with van der Waals surface area (Å²) in [6.45, 7) is 2.89. The standard InChI is InChI=1S/C14H25N3O3/c1-20-10-14(19)17-6-4-12(5-7-17)16-13(18)9-15-8-11-2-3-11/h11-12,15H,2-10H2,1H3,(H,16,18). The number of piperidine rings is 1. The highest BCUT2D eigenvalue weighted by molar-refractivity contribution is 5.79. The Morgan fingerprint density at radius 3 is 2.50 bits per heavy atom. The monoisotopic (exact) mass is 283 g/mol. The fourth-order valence-electron chi connectivity index (χ4n) is 2.48. The third-order valence-corrected chi connectivity index (χ3v) is 3.90. The first kappa shape index (κ1) is 15.3. The van der Waals surface area contributed by atoms with Crippen molar-refractivity contribution < 1.29 is 14.3 Å². The van der Waals surface area contributed by atoms with Crippen LogP contribution in [0.15, 0.2) is 0 Å². The molecule has 20 heavy (non-hydrogen) atoms. The molecule has 2 N–H and O–H groups in total. The van der Waals surface area contributed by atoms with Crippen molar-refractivity contribution in [1.29, 1.82) is 0 Å². The van der Waals surface area contributed by atoms with Crippen molar-refractivity contribution in [3.63, 3.8) is 0 Å². The summed E-state index contributed by atoms with van der Waals surface area (Å²) >= 11 is 0. The van der Waals surface area contributed by atoms with Gasteiger partial charge in [-0.15, -0.1) is 0 Å². The van der Waals surface area contributed by atoms with Crippen LogP contribution >= 0.6 is 0 Å². The van der Waals surface area contributed by atoms with Crippen molar-refractivity contribution in [3.05, 3.63) is 0 Å². The van der Waals surface area contributed by atoms with E-state index < -0.39 is 0 Å². The lowest BCUT2D eigenvalue weighted by Gasteiger charge is -2.32. The molecule has 0 radical (unpaired) electrons. The van der Waals surface area contributed by atoms with Gasteiger partial charge in [-0.3, -0.25) is 9.59 Å². The molecular weight excluding hydrogens is 258 g/mol. The van der Waals surface area contributed by atoms with E-state index in [1.165, 1.54) is 20.0 Å². The van der Waals surface area contributed by atoms with Crippen LogP contribution < -0.4 is 10.6 Å². The number of rotatable bonds is 7. The van der Waals surface area contributed by atoms with Crippen molar-refractivity contribution >= 4 is 11.8 Å². The van der Waals surface area contributed by atoms with Crippen molar-refractivity contribution in [2.75, 3.05) is 39.9 Å². The highest BCUT2D eigenvalue weighted by Crippen LogP contribution is 2.27. The number of amides is 2. The topological polar surface area (TPSA) is 70.7 Å². The maximum absolute atomic E-state index is 11.8. The molecule has 2 aliphatic rings. The summed E-state index contributed by atoms with van der Waals surface area (Å²) in [7, 11) is 1.53. The molecule has 6 heteroatoms. The fourth-order valence-corrected chi connectivity index (χ4v) is 2.48. The van der Waals surface area contributed by atoms with Gasteiger partial charge in [-0.05, 0) is 38.1 Å². The molecule has 1 saturated carbocycles. The van der Waals surface area contributed by atoms with Crippen LogP contribution in [-0.2, 0) is 14.3 Å². The molecule has 114 valence electrons. The predicted molar refractivity (Wildman–Crippen MR) is 75.2 cm³/mol. The Labute approximate surface area is 120 Å². The quantitative estimate of drug-likeness (QED) is 0.675. The molecule has 6 nitrogen and oxygen atoms in total. The summed E-state index contributed by atoms with van der Waals surface area (Å²) < 4.78 is 4.85. The highest BCUT2D eigenvalue weighted by Gasteiger charge is 2.24. The molecule has 1 aliphatic carbocycles. The highest BCUT2D eigenvalue weighted by atomic mass is 16.5. The molecule has 2 amide bonds. The van der Waals surface area contributed by atoms with Crippen LogP contribution in [-0.4, -0.2) is 62.7 Å². The molecule has 0 spiro atoms. The van der Waals surface area contributed by atoms with Crippen molar-refractivity contribution in [2.24, 2.45) is 5.92 Å². The van der Waals surface area contributed by atoms with E-state index in [1.807, 2.05) is 0 Å². The third kappa shape index (κ3) is 5.09. The summed E-state index contributed by atoms with van der Waals surface area (Å²) in [5, 5.41) is 6.22. The second-order valence-electron chi connectivity index (χ2n) is 5.73. The van der Waals surface area contributed by atoms with E-state index in [9.17, 15) is 9.59 Å². The van der Waals surface area contributed by atoms with Crippen molar-refractivity contribution in [1.82, 2.24) is 15.5 Å². The molecule has 1 aliphatic heterocycles. The molecule has 0 unspecified atom stereocenters. The molecule has 2 fully saturated rings. The van der Waals surface area contributed by atoms with E-state index in [4.69, 9.17) is 4.74 Å². The van der Waals surface area contributed by atoms with Crippen LogP contribution in [0.1, 0.15) is 25.7 Å². The molecule has 0 aromatic heterocycles. The van der Waals surface area contributed by atoms with E-state index in [1.54, 1.807) is 4.90 Å². The zero-order valence-electron chi connectivity index (χ0n) is 12.2. The van der Waals surface area contributed by atoms with Crippen LogP contribution in [0.25, 0.3) is 0 Å². The van der Waals surface area contributed by atoms with Gasteiger partial charge < -0.3 is 20.3 Å². The summed E-state index contributed by atoms with van der Waals surface area (Å²) in [5.74, 6) is 0.883. The molecule has 0 atom stereocenters. The van der Waals surface area contributed by atoms with E-state index >= 15 is 0 Å². The van der Waals surface area contributed by atoms with Gasteiger partial charge in [0.15, 0.2) is 0 Å². The lowest BCUT2D eigenvalue weighted by Crippen LogP contribution is -2.49. The minimum absolute atomic E-state index is 0.0309. The predicted octanol–water partition coefficient (Wildman–Crippen LogP) is -0.260. The van der Waals surface area contributed by atoms with Gasteiger partial charge in [0.05, 0.1) is 6.54 Å². The first-order valence-corrected chi connectivity index (χ1v) is 7.46. The Bertz CT molecular complexity index is 337. The maximum atomic E-state index is 11.8. The second kappa shape index (κ2) is 7.59. The molecular formula is C14H25N3O3. The Kier molecular flexibility index (Phi) is 5.79. The number of likely N-dealkylation sites (tertiary alicyclic amines) is 1. The van der Waals surface area contributed by atoms with Gasteiger partial charge in [-0.25, -0.2) is 0 Å². The van der Waals surface area contributed by atoms with Gasteiger partial charge in [-0.2, -0.15) is 0 Å². The van der Waals surface area contributed by atoms with Gasteiger partial charge in [-0.1, -0.05) is 0 Å². The van der Waals surface area contributed by atoms with Crippen LogP contribution in [0.5, 0.6) is 0 Å². The summed E-state index contributed by atoms with van der Waals surface area (Å²) in [5.41, 5.74) is 0. The van der Waals surface area contributed by atoms with Gasteiger partial charge in [0.2, 0.25) is 11.8 Å². The van der Waals surface area contributed by atoms with E-state index in [0.29, 0.717) is 19.6 Å². The Morgan fingerprint density at radius 2 is 1.90 bits per heavy atom. The van der Waals surface area contributed by atoms with Crippen LogP contribution in [0.4, 0.5) is 0 Å². The summed E-state index contributed by atoms with van der Waals surface area (Å²) in [6, 6.07) is 0.191. The lowest BCUT2D eigenvalue weighted by molar-refractivity contribution is -0.136. The largest absolute Gasteiger partial charge is 0.375 e. The Balaban J connectivity index is 1.58. The summed E-state index contributed by atoms with van der Waals surface area (Å²) in [4.78, 5) is 25.2. The lowest BCUT2D eigenvalue weighted by atomic mass is 10.0. The minimum atomic E-state index is 0.0309. The molecule has 0 aromatic rings. The Morgan fingerprint density at radius 1 is 1.20 bits per heavy atom. The fraction of sp³-hybridized carbons (Fsp3) is 0.857. The average molecular weight is 283 g/mol. The van der Waals surface area contributed by atoms with Gasteiger partial charge in [0.25, 0.3) is 0 Å². The van der Waals surface area contributed by atoms with E-state index in [-0.39, 0.29) is 24.5 Å². The number of methoxy groups -OCH3 is 1. The molecule has 0 aromatic carbocycles. The normalized spacial score (nSPS) is 19.9. The number of ether oxygens (including phenoxy) is 1. The zero-order valence-corrected chi connectivity index (χ0v) is 12.2. The molecule has 2 rings (SSSR count). The minimum Gasteiger partial charge on any atom is -0.375 e. The van der Waals surface area contributed by atoms with Crippen LogP contribution in [0.2, 0.25) is 0 Å². The number of carbonyl (C=O) groups is 2. The summed E-state index contributed by atoms with van der Waals surface area (Å²) in [6.07, 6.45) is 4.23. The van der Waals surface area contributed by atoms with Gasteiger partial charge >= 0.3 is 0 Å². The number of nitrogens with one attached hydrogen (secondary N) is 2. The smallest absolute Gasteiger partial charge is 0.248 e. The third-order valence-electron chi connectivity index (χ3n) is 3.90. The average Bonchev–Trinajstić information content (AvgIpc) is 3.24. The molecule has 0 bridgehead atoms. The van der Waals surface area contributed by atoms with E-state index in [2.05, 4.69) is 10.6 Å². The van der Waals surface area contributed by atoms with Gasteiger partial charge in [0, 0.05) is 26.2 Å². The number of carbonyl (C=O) groups excluding carboxylic acids is 2. The SMILES string of the molecule is COCC(=O)N1CCC(NC(=O)CNCC2CC2)CC1. The number of nitrogens with zero attached hydrogens (tertiary/aromatic N) is 1. The Hall–Kier alpha value is -1.14. The first-order valence-electron chi connectivity index (χ1n) is 7.46. The maximum Gasteiger partial charge on any atom is 0.248 e. The van der Waals surface area contributed by atoms with Crippen LogP contribution in [0, 0.1) is 5.92 Å². The first-order chi connectivity index (χ1) is 9.69. The molecule has 1 heterocycles. The molecule has 1 saturated heterocycles. The number of hydrogen-bond donors (Lipinski definition) is 2. The van der Waals surface area contributed by atoms with Crippen LogP contribution in [0.3, 0.4) is 0 Å². The van der Waals surface area contributed by atoms with Crippen molar-refractivity contribution in [2.45, 2.75) is 31.7 Å². The van der Waals surface area contributed by atoms with Gasteiger partial charge in [0.1, 0.15) is 6.61 Å². The van der Waals surface area contributed by atoms with Crippen molar-refractivity contribution in [3.8, 4) is 0 Å². The van der Waals surface area contributed by atoms with E-state index in [0.717, 1.165) is 25.3 Å². The second-order valence-corrected chi connectivity index (χ2v) is 5.73. The number of hydrogen-bond acceptors (Lipinski definition) is 4. The zero-order chi connectivity index (χ0) is 14.4.